The van der Waals surface area contributed by atoms with Gasteiger partial charge in [-0.15, -0.1) is 0 Å². The number of carbonyl (C=O) groups excluding carboxylic acids is 2. The van der Waals surface area contributed by atoms with Gasteiger partial charge < -0.3 is 20.7 Å². The van der Waals surface area contributed by atoms with E-state index in [1.807, 2.05) is 24.3 Å². The number of carbonyl (C=O) groups is 2. The number of nitrogens with one attached hydrogen (secondary N) is 3. The second-order valence-corrected chi connectivity index (χ2v) is 6.53. The minimum absolute atomic E-state index is 0.0339. The van der Waals surface area contributed by atoms with Gasteiger partial charge in [0.2, 0.25) is 11.8 Å². The molecule has 0 aliphatic carbocycles. The van der Waals surface area contributed by atoms with Crippen LogP contribution in [0.15, 0.2) is 24.3 Å². The van der Waals surface area contributed by atoms with E-state index in [1.54, 1.807) is 0 Å². The van der Waals surface area contributed by atoms with E-state index in [1.165, 1.54) is 0 Å². The van der Waals surface area contributed by atoms with Crippen LogP contribution >= 0.6 is 0 Å². The Morgan fingerprint density at radius 3 is 2.28 bits per heavy atom. The van der Waals surface area contributed by atoms with E-state index in [-0.39, 0.29) is 17.7 Å². The zero-order chi connectivity index (χ0) is 17.5. The van der Waals surface area contributed by atoms with Crippen LogP contribution in [0.2, 0.25) is 0 Å². The van der Waals surface area contributed by atoms with Gasteiger partial charge in [-0.3, -0.25) is 14.5 Å². The van der Waals surface area contributed by atoms with Crippen LogP contribution in [0.4, 0.5) is 11.4 Å². The molecule has 0 saturated carbocycles. The van der Waals surface area contributed by atoms with Crippen LogP contribution in [-0.2, 0) is 14.3 Å². The molecule has 0 radical (unpaired) electrons. The Hall–Kier alpha value is -1.96. The van der Waals surface area contributed by atoms with Crippen molar-refractivity contribution in [3.05, 3.63) is 24.3 Å². The van der Waals surface area contributed by atoms with E-state index in [4.69, 9.17) is 4.74 Å². The summed E-state index contributed by atoms with van der Waals surface area (Å²) in [6, 6.07) is 7.27. The first kappa shape index (κ1) is 17.8. The number of piperidine rings is 1. The average molecular weight is 346 g/mol. The predicted octanol–water partition coefficient (Wildman–Crippen LogP) is 0.895. The van der Waals surface area contributed by atoms with Gasteiger partial charge in [-0.2, -0.15) is 0 Å². The van der Waals surface area contributed by atoms with Crippen molar-refractivity contribution < 1.29 is 14.3 Å². The molecule has 25 heavy (non-hydrogen) atoms. The van der Waals surface area contributed by atoms with Gasteiger partial charge in [-0.25, -0.2) is 0 Å². The second kappa shape index (κ2) is 8.94. The van der Waals surface area contributed by atoms with Gasteiger partial charge in [-0.05, 0) is 50.2 Å². The number of ether oxygens (including phenoxy) is 1. The van der Waals surface area contributed by atoms with Gasteiger partial charge in [0.05, 0.1) is 19.8 Å². The molecule has 136 valence electrons. The zero-order valence-corrected chi connectivity index (χ0v) is 14.4. The normalized spacial score (nSPS) is 19.4. The third-order valence-electron chi connectivity index (χ3n) is 4.62. The van der Waals surface area contributed by atoms with E-state index >= 15 is 0 Å². The van der Waals surface area contributed by atoms with Gasteiger partial charge in [0.1, 0.15) is 0 Å². The third kappa shape index (κ3) is 5.52. The van der Waals surface area contributed by atoms with Gasteiger partial charge in [-0.1, -0.05) is 0 Å². The summed E-state index contributed by atoms with van der Waals surface area (Å²) in [5, 5.41) is 9.10. The molecule has 7 nitrogen and oxygen atoms in total. The topological polar surface area (TPSA) is 82.7 Å². The molecule has 2 aliphatic heterocycles. The number of hydrogen-bond acceptors (Lipinski definition) is 5. The largest absolute Gasteiger partial charge is 0.379 e. The maximum atomic E-state index is 12.2. The van der Waals surface area contributed by atoms with Crippen LogP contribution in [0.5, 0.6) is 0 Å². The summed E-state index contributed by atoms with van der Waals surface area (Å²) in [6.45, 7) is 5.09. The molecule has 0 bridgehead atoms. The van der Waals surface area contributed by atoms with Crippen molar-refractivity contribution in [2.45, 2.75) is 12.8 Å². The number of benzene rings is 1. The third-order valence-corrected chi connectivity index (χ3v) is 4.62. The van der Waals surface area contributed by atoms with Gasteiger partial charge in [0, 0.05) is 30.4 Å². The molecule has 2 aliphatic rings. The summed E-state index contributed by atoms with van der Waals surface area (Å²) >= 11 is 0. The van der Waals surface area contributed by atoms with E-state index in [2.05, 4.69) is 20.9 Å². The van der Waals surface area contributed by atoms with E-state index in [0.29, 0.717) is 19.8 Å². The summed E-state index contributed by atoms with van der Waals surface area (Å²) in [4.78, 5) is 26.4. The summed E-state index contributed by atoms with van der Waals surface area (Å²) in [6.07, 6.45) is 1.75. The smallest absolute Gasteiger partial charge is 0.238 e. The van der Waals surface area contributed by atoms with E-state index < -0.39 is 0 Å². The fourth-order valence-corrected chi connectivity index (χ4v) is 3.13. The lowest BCUT2D eigenvalue weighted by molar-refractivity contribution is -0.120. The minimum Gasteiger partial charge on any atom is -0.379 e. The SMILES string of the molecule is O=C(CN1CCOCC1)Nc1ccc(NC(=O)C2CCNCC2)cc1. The van der Waals surface area contributed by atoms with Crippen LogP contribution in [0, 0.1) is 5.92 Å². The number of nitrogens with zero attached hydrogens (tertiary/aromatic N) is 1. The summed E-state index contributed by atoms with van der Waals surface area (Å²) in [7, 11) is 0. The number of hydrogen-bond donors (Lipinski definition) is 3. The lowest BCUT2D eigenvalue weighted by Crippen LogP contribution is -2.41. The average Bonchev–Trinajstić information content (AvgIpc) is 2.65. The van der Waals surface area contributed by atoms with Gasteiger partial charge >= 0.3 is 0 Å². The molecule has 2 saturated heterocycles. The highest BCUT2D eigenvalue weighted by atomic mass is 16.5. The molecular formula is C18H26N4O3. The van der Waals surface area contributed by atoms with Gasteiger partial charge in [0.15, 0.2) is 0 Å². The molecule has 0 atom stereocenters. The van der Waals surface area contributed by atoms with Crippen molar-refractivity contribution in [2.75, 3.05) is 56.6 Å². The Kier molecular flexibility index (Phi) is 6.38. The molecule has 1 aromatic carbocycles. The van der Waals surface area contributed by atoms with Crippen LogP contribution < -0.4 is 16.0 Å². The molecule has 2 fully saturated rings. The molecule has 0 unspecified atom stereocenters. The van der Waals surface area contributed by atoms with Crippen LogP contribution in [-0.4, -0.2) is 62.7 Å². The molecule has 3 N–H and O–H groups in total. The standard InChI is InChI=1S/C18H26N4O3/c23-17(13-22-9-11-25-12-10-22)20-15-1-3-16(4-2-15)21-18(24)14-5-7-19-8-6-14/h1-4,14,19H,5-13H2,(H,20,23)(H,21,24). The highest BCUT2D eigenvalue weighted by molar-refractivity contribution is 5.94. The molecule has 2 amide bonds. The number of amides is 2. The summed E-state index contributed by atoms with van der Waals surface area (Å²) in [5.74, 6) is 0.119. The molecule has 1 aromatic rings. The quantitative estimate of drug-likeness (QED) is 0.738. The van der Waals surface area contributed by atoms with Crippen LogP contribution in [0.3, 0.4) is 0 Å². The van der Waals surface area contributed by atoms with Crippen molar-refractivity contribution >= 4 is 23.2 Å². The van der Waals surface area contributed by atoms with Crippen molar-refractivity contribution in [3.63, 3.8) is 0 Å². The maximum absolute atomic E-state index is 12.2. The number of anilines is 2. The Labute approximate surface area is 148 Å². The second-order valence-electron chi connectivity index (χ2n) is 6.53. The van der Waals surface area contributed by atoms with Gasteiger partial charge in [0.25, 0.3) is 0 Å². The zero-order valence-electron chi connectivity index (χ0n) is 14.4. The fraction of sp³-hybridized carbons (Fsp3) is 0.556. The van der Waals surface area contributed by atoms with Crippen molar-refractivity contribution in [2.24, 2.45) is 5.92 Å². The van der Waals surface area contributed by atoms with Crippen LogP contribution in [0.1, 0.15) is 12.8 Å². The number of morpholine rings is 1. The molecule has 2 heterocycles. The van der Waals surface area contributed by atoms with E-state index in [0.717, 1.165) is 50.4 Å². The van der Waals surface area contributed by atoms with Crippen LogP contribution in [0.25, 0.3) is 0 Å². The summed E-state index contributed by atoms with van der Waals surface area (Å²) < 4.78 is 5.28. The Balaban J connectivity index is 1.46. The van der Waals surface area contributed by atoms with Crippen molar-refractivity contribution in [1.29, 1.82) is 0 Å². The van der Waals surface area contributed by atoms with Crippen molar-refractivity contribution in [1.82, 2.24) is 10.2 Å². The lowest BCUT2D eigenvalue weighted by atomic mass is 9.97. The molecular weight excluding hydrogens is 320 g/mol. The summed E-state index contributed by atoms with van der Waals surface area (Å²) in [5.41, 5.74) is 1.49. The van der Waals surface area contributed by atoms with Crippen molar-refractivity contribution in [3.8, 4) is 0 Å². The first-order valence-electron chi connectivity index (χ1n) is 8.92. The minimum atomic E-state index is -0.0339. The van der Waals surface area contributed by atoms with E-state index in [9.17, 15) is 9.59 Å². The molecule has 7 heteroatoms. The lowest BCUT2D eigenvalue weighted by Gasteiger charge is -2.25. The fourth-order valence-electron chi connectivity index (χ4n) is 3.13. The number of rotatable bonds is 5. The Morgan fingerprint density at radius 2 is 1.64 bits per heavy atom. The predicted molar refractivity (Wildman–Crippen MR) is 96.6 cm³/mol. The highest BCUT2D eigenvalue weighted by Gasteiger charge is 2.20. The Bertz CT molecular complexity index is 578. The molecule has 0 aromatic heterocycles. The molecule has 0 spiro atoms. The monoisotopic (exact) mass is 346 g/mol. The molecule has 3 rings (SSSR count). The first-order chi connectivity index (χ1) is 12.2. The Morgan fingerprint density at radius 1 is 1.04 bits per heavy atom. The highest BCUT2D eigenvalue weighted by Crippen LogP contribution is 2.17. The first-order valence-corrected chi connectivity index (χ1v) is 8.92. The maximum Gasteiger partial charge on any atom is 0.238 e.